The van der Waals surface area contributed by atoms with Crippen LogP contribution in [0.3, 0.4) is 0 Å². The van der Waals surface area contributed by atoms with Gasteiger partial charge < -0.3 is 9.73 Å². The van der Waals surface area contributed by atoms with Crippen molar-refractivity contribution in [1.82, 2.24) is 15.0 Å². The van der Waals surface area contributed by atoms with Crippen molar-refractivity contribution in [3.63, 3.8) is 0 Å². The summed E-state index contributed by atoms with van der Waals surface area (Å²) in [4.78, 5) is 13.4. The molecular weight excluding hydrogens is 272 g/mol. The number of anilines is 1. The molecule has 2 aromatic heterocycles. The van der Waals surface area contributed by atoms with Gasteiger partial charge in [-0.15, -0.1) is 0 Å². The first-order chi connectivity index (χ1) is 9.58. The minimum Gasteiger partial charge on any atom is -0.439 e. The number of nitrogens with one attached hydrogen (secondary N) is 1. The maximum absolute atomic E-state index is 5.36. The quantitative estimate of drug-likeness (QED) is 0.815. The monoisotopic (exact) mass is 292 g/mol. The third-order valence-corrected chi connectivity index (χ3v) is 3.36. The van der Waals surface area contributed by atoms with Crippen LogP contribution in [0.15, 0.2) is 27.0 Å². The predicted molar refractivity (Wildman–Crippen MR) is 80.3 cm³/mol. The molecule has 2 aromatic rings. The summed E-state index contributed by atoms with van der Waals surface area (Å²) in [6.45, 7) is 9.10. The lowest BCUT2D eigenvalue weighted by molar-refractivity contribution is 0.453. The molecule has 0 fully saturated rings. The van der Waals surface area contributed by atoms with Crippen LogP contribution >= 0.6 is 11.8 Å². The van der Waals surface area contributed by atoms with Crippen LogP contribution in [-0.2, 0) is 0 Å². The highest BCUT2D eigenvalue weighted by Gasteiger charge is 2.11. The zero-order valence-corrected chi connectivity index (χ0v) is 13.1. The molecule has 5 nitrogen and oxygen atoms in total. The molecular formula is C14H20N4OS. The average Bonchev–Trinajstić information content (AvgIpc) is 2.81. The Labute approximate surface area is 123 Å². The Hall–Kier alpha value is -1.56. The summed E-state index contributed by atoms with van der Waals surface area (Å²) < 4.78 is 5.36. The first-order valence-electron chi connectivity index (χ1n) is 6.81. The number of oxazole rings is 1. The van der Waals surface area contributed by atoms with Gasteiger partial charge in [-0.2, -0.15) is 0 Å². The lowest BCUT2D eigenvalue weighted by atomic mass is 10.2. The van der Waals surface area contributed by atoms with Crippen molar-refractivity contribution >= 4 is 17.6 Å². The molecule has 0 atom stereocenters. The van der Waals surface area contributed by atoms with Crippen molar-refractivity contribution in [3.05, 3.63) is 23.8 Å². The number of aromatic nitrogens is 3. The van der Waals surface area contributed by atoms with Crippen LogP contribution in [0.1, 0.15) is 44.6 Å². The molecule has 0 aliphatic rings. The lowest BCUT2D eigenvalue weighted by Crippen LogP contribution is -2.06. The van der Waals surface area contributed by atoms with Gasteiger partial charge in [-0.3, -0.25) is 0 Å². The van der Waals surface area contributed by atoms with E-state index in [2.05, 4.69) is 41.0 Å². The van der Waals surface area contributed by atoms with Crippen LogP contribution in [0.25, 0.3) is 0 Å². The highest BCUT2D eigenvalue weighted by Crippen LogP contribution is 2.28. The number of rotatable bonds is 6. The Balaban J connectivity index is 2.23. The van der Waals surface area contributed by atoms with E-state index < -0.39 is 0 Å². The largest absolute Gasteiger partial charge is 0.439 e. The highest BCUT2D eigenvalue weighted by atomic mass is 32.2. The molecule has 6 heteroatoms. The first-order valence-corrected chi connectivity index (χ1v) is 7.63. The summed E-state index contributed by atoms with van der Waals surface area (Å²) in [5, 5.41) is 4.77. The Kier molecular flexibility index (Phi) is 5.00. The molecule has 0 aliphatic heterocycles. The second-order valence-electron chi connectivity index (χ2n) is 4.89. The van der Waals surface area contributed by atoms with E-state index in [9.17, 15) is 0 Å². The van der Waals surface area contributed by atoms with Crippen LogP contribution in [-0.4, -0.2) is 21.5 Å². The second-order valence-corrected chi connectivity index (χ2v) is 5.86. The van der Waals surface area contributed by atoms with Crippen LogP contribution in [0, 0.1) is 6.92 Å². The van der Waals surface area contributed by atoms with Crippen LogP contribution < -0.4 is 5.32 Å². The molecule has 1 N–H and O–H groups in total. The minimum absolute atomic E-state index is 0.282. The molecule has 0 amide bonds. The van der Waals surface area contributed by atoms with Crippen LogP contribution in [0.4, 0.5) is 5.82 Å². The van der Waals surface area contributed by atoms with Gasteiger partial charge in [0.15, 0.2) is 0 Å². The van der Waals surface area contributed by atoms with Crippen molar-refractivity contribution in [1.29, 1.82) is 0 Å². The van der Waals surface area contributed by atoms with Gasteiger partial charge >= 0.3 is 0 Å². The van der Waals surface area contributed by atoms with Gasteiger partial charge in [0, 0.05) is 18.5 Å². The Morgan fingerprint density at radius 1 is 1.30 bits per heavy atom. The summed E-state index contributed by atoms with van der Waals surface area (Å²) in [7, 11) is 0. The Morgan fingerprint density at radius 3 is 2.70 bits per heavy atom. The number of nitrogens with zero attached hydrogens (tertiary/aromatic N) is 3. The van der Waals surface area contributed by atoms with Crippen molar-refractivity contribution in [2.75, 3.05) is 11.9 Å². The third kappa shape index (κ3) is 3.96. The van der Waals surface area contributed by atoms with Gasteiger partial charge in [0.05, 0.1) is 5.69 Å². The van der Waals surface area contributed by atoms with Crippen LogP contribution in [0.5, 0.6) is 0 Å². The SMILES string of the molecule is CCCNc1cc(Sc2nc(C)co2)nc(C(C)C)n1. The number of aryl methyl sites for hydroxylation is 1. The smallest absolute Gasteiger partial charge is 0.262 e. The second kappa shape index (κ2) is 6.74. The fourth-order valence-electron chi connectivity index (χ4n) is 1.57. The van der Waals surface area contributed by atoms with Gasteiger partial charge in [0.2, 0.25) is 0 Å². The molecule has 0 aromatic carbocycles. The standard InChI is InChI=1S/C14H20N4OS/c1-5-6-15-11-7-12(18-13(17-11)9(2)3)20-14-16-10(4)8-19-14/h7-9H,5-6H2,1-4H3,(H,15,17,18). The molecule has 20 heavy (non-hydrogen) atoms. The predicted octanol–water partition coefficient (Wildman–Crippen LogP) is 3.87. The summed E-state index contributed by atoms with van der Waals surface area (Å²) in [5.74, 6) is 1.97. The van der Waals surface area contributed by atoms with Gasteiger partial charge in [0.1, 0.15) is 22.9 Å². The van der Waals surface area contributed by atoms with E-state index in [4.69, 9.17) is 4.42 Å². The van der Waals surface area contributed by atoms with Crippen molar-refractivity contribution in [2.24, 2.45) is 0 Å². The molecule has 0 aliphatic carbocycles. The summed E-state index contributed by atoms with van der Waals surface area (Å²) >= 11 is 1.42. The maximum atomic E-state index is 5.36. The average molecular weight is 292 g/mol. The van der Waals surface area contributed by atoms with E-state index in [1.807, 2.05) is 13.0 Å². The third-order valence-electron chi connectivity index (χ3n) is 2.58. The van der Waals surface area contributed by atoms with E-state index in [-0.39, 0.29) is 5.92 Å². The molecule has 0 unspecified atom stereocenters. The molecule has 2 heterocycles. The fourth-order valence-corrected chi connectivity index (χ4v) is 2.34. The Morgan fingerprint density at radius 2 is 2.10 bits per heavy atom. The number of hydrogen-bond acceptors (Lipinski definition) is 6. The van der Waals surface area contributed by atoms with Crippen molar-refractivity contribution in [3.8, 4) is 0 Å². The Bertz CT molecular complexity index is 568. The van der Waals surface area contributed by atoms with Gasteiger partial charge in [0.25, 0.3) is 5.22 Å². The van der Waals surface area contributed by atoms with E-state index >= 15 is 0 Å². The minimum atomic E-state index is 0.282. The molecule has 0 spiro atoms. The molecule has 0 bridgehead atoms. The molecule has 108 valence electrons. The summed E-state index contributed by atoms with van der Waals surface area (Å²) in [6, 6.07) is 1.94. The topological polar surface area (TPSA) is 63.8 Å². The lowest BCUT2D eigenvalue weighted by Gasteiger charge is -2.10. The van der Waals surface area contributed by atoms with Gasteiger partial charge in [-0.1, -0.05) is 20.8 Å². The van der Waals surface area contributed by atoms with E-state index in [1.165, 1.54) is 11.8 Å². The van der Waals surface area contributed by atoms with Crippen LogP contribution in [0.2, 0.25) is 0 Å². The molecule has 0 saturated heterocycles. The molecule has 2 rings (SSSR count). The zero-order chi connectivity index (χ0) is 14.5. The zero-order valence-electron chi connectivity index (χ0n) is 12.3. The van der Waals surface area contributed by atoms with E-state index in [0.717, 1.165) is 35.3 Å². The normalized spacial score (nSPS) is 11.1. The first kappa shape index (κ1) is 14.8. The molecule has 0 saturated carbocycles. The van der Waals surface area contributed by atoms with Crippen molar-refractivity contribution < 1.29 is 4.42 Å². The summed E-state index contributed by atoms with van der Waals surface area (Å²) in [6.07, 6.45) is 2.70. The maximum Gasteiger partial charge on any atom is 0.262 e. The summed E-state index contributed by atoms with van der Waals surface area (Å²) in [5.41, 5.74) is 0.870. The molecule has 0 radical (unpaired) electrons. The van der Waals surface area contributed by atoms with Gasteiger partial charge in [-0.25, -0.2) is 15.0 Å². The fraction of sp³-hybridized carbons (Fsp3) is 0.500. The van der Waals surface area contributed by atoms with Crippen molar-refractivity contribution in [2.45, 2.75) is 50.3 Å². The number of hydrogen-bond donors (Lipinski definition) is 1. The highest BCUT2D eigenvalue weighted by molar-refractivity contribution is 7.99. The van der Waals surface area contributed by atoms with Gasteiger partial charge in [-0.05, 0) is 25.1 Å². The van der Waals surface area contributed by atoms with E-state index in [1.54, 1.807) is 6.26 Å². The van der Waals surface area contributed by atoms with E-state index in [0.29, 0.717) is 5.22 Å².